The van der Waals surface area contributed by atoms with E-state index >= 15 is 0 Å². The number of aromatic nitrogens is 2. The van der Waals surface area contributed by atoms with Crippen molar-refractivity contribution in [2.24, 2.45) is 7.05 Å². The summed E-state index contributed by atoms with van der Waals surface area (Å²) < 4.78 is 7.25. The van der Waals surface area contributed by atoms with Gasteiger partial charge >= 0.3 is 0 Å². The highest BCUT2D eigenvalue weighted by molar-refractivity contribution is 5.77. The Bertz CT molecular complexity index is 574. The monoisotopic (exact) mass is 243 g/mol. The number of hydrogen-bond acceptors (Lipinski definition) is 3. The number of aryl methyl sites for hydroxylation is 1. The van der Waals surface area contributed by atoms with E-state index in [9.17, 15) is 0 Å². The molecule has 2 heterocycles. The molecule has 1 aromatic carbocycles. The number of nitrogens with zero attached hydrogens (tertiary/aromatic N) is 2. The van der Waals surface area contributed by atoms with Crippen LogP contribution in [0, 0.1) is 0 Å². The van der Waals surface area contributed by atoms with Gasteiger partial charge in [0.1, 0.15) is 11.4 Å². The van der Waals surface area contributed by atoms with E-state index in [-0.39, 0.29) is 0 Å². The maximum atomic E-state index is 5.27. The minimum Gasteiger partial charge on any atom is -0.497 e. The van der Waals surface area contributed by atoms with E-state index in [2.05, 4.69) is 16.5 Å². The third kappa shape index (κ3) is 1.74. The van der Waals surface area contributed by atoms with Gasteiger partial charge in [-0.15, -0.1) is 0 Å². The fourth-order valence-corrected chi connectivity index (χ4v) is 2.47. The number of benzene rings is 1. The Morgan fingerprint density at radius 3 is 3.11 bits per heavy atom. The van der Waals surface area contributed by atoms with E-state index in [1.54, 1.807) is 7.11 Å². The molecule has 1 aromatic heterocycles. The molecule has 0 saturated heterocycles. The van der Waals surface area contributed by atoms with Gasteiger partial charge in [-0.25, -0.2) is 0 Å². The van der Waals surface area contributed by atoms with Gasteiger partial charge in [-0.2, -0.15) is 5.10 Å². The zero-order valence-corrected chi connectivity index (χ0v) is 10.7. The summed E-state index contributed by atoms with van der Waals surface area (Å²) in [7, 11) is 3.70. The molecule has 0 spiro atoms. The maximum Gasteiger partial charge on any atom is 0.119 e. The Labute approximate surface area is 107 Å². The second-order valence-corrected chi connectivity index (χ2v) is 4.56. The number of ether oxygens (including phenoxy) is 1. The van der Waals surface area contributed by atoms with Gasteiger partial charge in [0.25, 0.3) is 0 Å². The number of fused-ring (bicyclic) bond motifs is 1. The molecule has 0 radical (unpaired) electrons. The van der Waals surface area contributed by atoms with Crippen LogP contribution in [-0.4, -0.2) is 23.4 Å². The topological polar surface area (TPSA) is 39.1 Å². The second-order valence-electron chi connectivity index (χ2n) is 4.56. The Hall–Kier alpha value is -1.97. The molecule has 3 rings (SSSR count). The van der Waals surface area contributed by atoms with Crippen LogP contribution in [0.3, 0.4) is 0 Å². The predicted molar refractivity (Wildman–Crippen MR) is 72.0 cm³/mol. The van der Waals surface area contributed by atoms with Gasteiger partial charge in [0.2, 0.25) is 0 Å². The van der Waals surface area contributed by atoms with Crippen molar-refractivity contribution in [1.82, 2.24) is 9.78 Å². The van der Waals surface area contributed by atoms with Crippen molar-refractivity contribution in [2.75, 3.05) is 19.0 Å². The summed E-state index contributed by atoms with van der Waals surface area (Å²) in [6.45, 7) is 1.02. The van der Waals surface area contributed by atoms with Gasteiger partial charge in [-0.3, -0.25) is 4.68 Å². The molecule has 0 aliphatic carbocycles. The van der Waals surface area contributed by atoms with Crippen LogP contribution in [0.15, 0.2) is 24.3 Å². The minimum absolute atomic E-state index is 0.864. The molecule has 0 amide bonds. The molecular formula is C14H17N3O. The van der Waals surface area contributed by atoms with E-state index in [1.165, 1.54) is 17.8 Å². The zero-order chi connectivity index (χ0) is 12.5. The summed E-state index contributed by atoms with van der Waals surface area (Å²) in [5, 5.41) is 8.10. The molecular weight excluding hydrogens is 226 g/mol. The third-order valence-corrected chi connectivity index (χ3v) is 3.40. The molecule has 1 aliphatic rings. The summed E-state index contributed by atoms with van der Waals surface area (Å²) in [5.41, 5.74) is 4.59. The summed E-state index contributed by atoms with van der Waals surface area (Å²) in [6.07, 6.45) is 2.26. The summed E-state index contributed by atoms with van der Waals surface area (Å²) in [6, 6.07) is 8.05. The first-order valence-electron chi connectivity index (χ1n) is 6.24. The number of hydrogen-bond donors (Lipinski definition) is 1. The quantitative estimate of drug-likeness (QED) is 0.880. The lowest BCUT2D eigenvalue weighted by Gasteiger charge is -2.15. The van der Waals surface area contributed by atoms with Crippen LogP contribution in [-0.2, 0) is 13.5 Å². The average molecular weight is 243 g/mol. The van der Waals surface area contributed by atoms with E-state index in [4.69, 9.17) is 4.74 Å². The number of methoxy groups -OCH3 is 1. The van der Waals surface area contributed by atoms with E-state index in [0.29, 0.717) is 0 Å². The molecule has 0 saturated carbocycles. The van der Waals surface area contributed by atoms with Crippen molar-refractivity contribution >= 4 is 5.69 Å². The van der Waals surface area contributed by atoms with E-state index in [0.717, 1.165) is 30.0 Å². The number of anilines is 1. The van der Waals surface area contributed by atoms with Gasteiger partial charge in [-0.05, 0) is 25.0 Å². The van der Waals surface area contributed by atoms with Crippen molar-refractivity contribution in [3.8, 4) is 17.0 Å². The number of nitrogens with one attached hydrogen (secondary N) is 1. The first-order chi connectivity index (χ1) is 8.79. The Morgan fingerprint density at radius 1 is 1.39 bits per heavy atom. The molecule has 1 N–H and O–H groups in total. The highest BCUT2D eigenvalue weighted by atomic mass is 16.5. The van der Waals surface area contributed by atoms with Crippen molar-refractivity contribution in [3.05, 3.63) is 30.0 Å². The molecule has 2 aromatic rings. The smallest absolute Gasteiger partial charge is 0.119 e. The fourth-order valence-electron chi connectivity index (χ4n) is 2.47. The van der Waals surface area contributed by atoms with Crippen LogP contribution in [0.2, 0.25) is 0 Å². The van der Waals surface area contributed by atoms with E-state index in [1.807, 2.05) is 29.9 Å². The van der Waals surface area contributed by atoms with E-state index < -0.39 is 0 Å². The summed E-state index contributed by atoms with van der Waals surface area (Å²) >= 11 is 0. The summed E-state index contributed by atoms with van der Waals surface area (Å²) in [4.78, 5) is 0. The molecule has 0 bridgehead atoms. The zero-order valence-electron chi connectivity index (χ0n) is 10.7. The lowest BCUT2D eigenvalue weighted by Crippen LogP contribution is -2.13. The Morgan fingerprint density at radius 2 is 2.28 bits per heavy atom. The average Bonchev–Trinajstić information content (AvgIpc) is 2.77. The van der Waals surface area contributed by atoms with Crippen LogP contribution in [0.1, 0.15) is 12.1 Å². The highest BCUT2D eigenvalue weighted by Gasteiger charge is 2.20. The lowest BCUT2D eigenvalue weighted by atomic mass is 10.1. The molecule has 4 nitrogen and oxygen atoms in total. The van der Waals surface area contributed by atoms with Gasteiger partial charge in [0, 0.05) is 19.2 Å². The van der Waals surface area contributed by atoms with Gasteiger partial charge < -0.3 is 10.1 Å². The third-order valence-electron chi connectivity index (χ3n) is 3.40. The number of rotatable bonds is 2. The molecule has 0 unspecified atom stereocenters. The maximum absolute atomic E-state index is 5.27. The first kappa shape index (κ1) is 11.1. The first-order valence-corrected chi connectivity index (χ1v) is 6.24. The van der Waals surface area contributed by atoms with Crippen molar-refractivity contribution in [3.63, 3.8) is 0 Å². The van der Waals surface area contributed by atoms with Gasteiger partial charge in [0.15, 0.2) is 0 Å². The largest absolute Gasteiger partial charge is 0.497 e. The molecule has 94 valence electrons. The van der Waals surface area contributed by atoms with Gasteiger partial charge in [0.05, 0.1) is 18.5 Å². The van der Waals surface area contributed by atoms with Crippen molar-refractivity contribution in [2.45, 2.75) is 12.8 Å². The molecule has 0 atom stereocenters. The van der Waals surface area contributed by atoms with Crippen LogP contribution < -0.4 is 10.1 Å². The normalized spacial score (nSPS) is 13.9. The highest BCUT2D eigenvalue weighted by Crippen LogP contribution is 2.34. The molecule has 4 heteroatoms. The Kier molecular flexibility index (Phi) is 2.70. The van der Waals surface area contributed by atoms with Gasteiger partial charge in [-0.1, -0.05) is 12.1 Å². The van der Waals surface area contributed by atoms with Crippen LogP contribution in [0.4, 0.5) is 5.69 Å². The molecule has 18 heavy (non-hydrogen) atoms. The van der Waals surface area contributed by atoms with Crippen molar-refractivity contribution in [1.29, 1.82) is 0 Å². The molecule has 0 fully saturated rings. The predicted octanol–water partition coefficient (Wildman–Crippen LogP) is 2.45. The second kappa shape index (κ2) is 4.37. The molecule has 1 aliphatic heterocycles. The fraction of sp³-hybridized carbons (Fsp3) is 0.357. The Balaban J connectivity index is 2.11. The standard InChI is InChI=1S/C14H17N3O/c1-17-12-7-4-8-15-14(12)13(16-17)10-5-3-6-11(9-10)18-2/h3,5-6,9,15H,4,7-8H2,1-2H3. The van der Waals surface area contributed by atoms with Crippen LogP contribution in [0.5, 0.6) is 5.75 Å². The summed E-state index contributed by atoms with van der Waals surface area (Å²) in [5.74, 6) is 0.864. The SMILES string of the molecule is COc1cccc(-c2nn(C)c3c2NCCC3)c1. The van der Waals surface area contributed by atoms with Crippen LogP contribution >= 0.6 is 0 Å². The minimum atomic E-state index is 0.864. The van der Waals surface area contributed by atoms with Crippen LogP contribution in [0.25, 0.3) is 11.3 Å². The van der Waals surface area contributed by atoms with Crippen molar-refractivity contribution < 1.29 is 4.74 Å². The lowest BCUT2D eigenvalue weighted by molar-refractivity contribution is 0.415.